The minimum absolute atomic E-state index is 0.0310. The molecule has 1 saturated carbocycles. The van der Waals surface area contributed by atoms with E-state index >= 15 is 0 Å². The van der Waals surface area contributed by atoms with Gasteiger partial charge in [0.15, 0.2) is 0 Å². The van der Waals surface area contributed by atoms with Crippen LogP contribution >= 0.6 is 0 Å². The molecule has 1 aromatic rings. The van der Waals surface area contributed by atoms with E-state index in [0.717, 1.165) is 12.1 Å². The van der Waals surface area contributed by atoms with Crippen LogP contribution in [0.3, 0.4) is 0 Å². The number of nitriles is 1. The van der Waals surface area contributed by atoms with Crippen LogP contribution in [-0.4, -0.2) is 38.9 Å². The first-order valence-corrected chi connectivity index (χ1v) is 8.40. The summed E-state index contributed by atoms with van der Waals surface area (Å²) in [6.45, 7) is 9.86. The molecule has 1 aliphatic heterocycles. The molecule has 0 aromatic carbocycles. The lowest BCUT2D eigenvalue weighted by Crippen LogP contribution is -2.58. The largest absolute Gasteiger partial charge is 0.338 e. The topological polar surface area (TPSA) is 74.8 Å². The van der Waals surface area contributed by atoms with Gasteiger partial charge in [0.25, 0.3) is 0 Å². The zero-order valence-electron chi connectivity index (χ0n) is 14.4. The molecule has 0 spiro atoms. The minimum atomic E-state index is -0.330. The summed E-state index contributed by atoms with van der Waals surface area (Å²) in [6, 6.07) is 2.48. The molecule has 6 heteroatoms. The molecule has 0 radical (unpaired) electrons. The van der Waals surface area contributed by atoms with Gasteiger partial charge in [-0.25, -0.2) is 4.68 Å². The molecule has 2 fully saturated rings. The maximum atomic E-state index is 12.5. The third-order valence-electron chi connectivity index (χ3n) is 5.70. The molecule has 0 unspecified atom stereocenters. The van der Waals surface area contributed by atoms with Crippen molar-refractivity contribution in [2.45, 2.75) is 58.4 Å². The van der Waals surface area contributed by atoms with Crippen molar-refractivity contribution in [1.82, 2.24) is 19.9 Å². The van der Waals surface area contributed by atoms with Crippen LogP contribution in [0.15, 0.2) is 6.20 Å². The van der Waals surface area contributed by atoms with Crippen molar-refractivity contribution in [1.29, 1.82) is 5.26 Å². The van der Waals surface area contributed by atoms with E-state index in [0.29, 0.717) is 25.9 Å². The van der Waals surface area contributed by atoms with Gasteiger partial charge in [0, 0.05) is 36.0 Å². The van der Waals surface area contributed by atoms with E-state index in [2.05, 4.69) is 37.2 Å². The fraction of sp³-hybridized carbons (Fsp3) is 0.765. The second-order valence-electron chi connectivity index (χ2n) is 7.98. The van der Waals surface area contributed by atoms with Crippen molar-refractivity contribution in [2.24, 2.45) is 11.3 Å². The van der Waals surface area contributed by atoms with Gasteiger partial charge in [-0.15, -0.1) is 5.10 Å². The Morgan fingerprint density at radius 1 is 1.48 bits per heavy atom. The van der Waals surface area contributed by atoms with Crippen LogP contribution in [0.4, 0.5) is 0 Å². The first-order valence-electron chi connectivity index (χ1n) is 8.40. The van der Waals surface area contributed by atoms with Crippen molar-refractivity contribution in [3.63, 3.8) is 0 Å². The molecule has 6 nitrogen and oxygen atoms in total. The molecule has 1 amide bonds. The number of carbonyl (C=O) groups is 1. The number of carbonyl (C=O) groups excluding carboxylic acids is 1. The minimum Gasteiger partial charge on any atom is -0.338 e. The number of amides is 1. The summed E-state index contributed by atoms with van der Waals surface area (Å²) in [5.41, 5.74) is 0.708. The molecule has 124 valence electrons. The fourth-order valence-electron chi connectivity index (χ4n) is 3.41. The van der Waals surface area contributed by atoms with E-state index in [1.54, 1.807) is 0 Å². The van der Waals surface area contributed by atoms with Crippen LogP contribution in [0.25, 0.3) is 0 Å². The van der Waals surface area contributed by atoms with E-state index in [9.17, 15) is 4.79 Å². The Morgan fingerprint density at radius 3 is 2.70 bits per heavy atom. The van der Waals surface area contributed by atoms with Crippen LogP contribution in [0.1, 0.15) is 58.7 Å². The van der Waals surface area contributed by atoms with Crippen molar-refractivity contribution in [3.05, 3.63) is 11.9 Å². The lowest BCUT2D eigenvalue weighted by molar-refractivity contribution is -0.154. The van der Waals surface area contributed by atoms with Gasteiger partial charge >= 0.3 is 0 Å². The predicted molar refractivity (Wildman–Crippen MR) is 85.4 cm³/mol. The molecule has 0 bridgehead atoms. The highest BCUT2D eigenvalue weighted by molar-refractivity contribution is 5.84. The number of hydrogen-bond donors (Lipinski definition) is 0. The molecule has 1 saturated heterocycles. The normalized spacial score (nSPS) is 28.0. The van der Waals surface area contributed by atoms with E-state index in [4.69, 9.17) is 5.26 Å². The third-order valence-corrected chi connectivity index (χ3v) is 5.70. The van der Waals surface area contributed by atoms with Gasteiger partial charge < -0.3 is 4.90 Å². The predicted octanol–water partition coefficient (Wildman–Crippen LogP) is 2.29. The smallest absolute Gasteiger partial charge is 0.228 e. The van der Waals surface area contributed by atoms with Gasteiger partial charge in [-0.2, -0.15) is 5.26 Å². The van der Waals surface area contributed by atoms with Crippen LogP contribution in [0, 0.1) is 22.7 Å². The average Bonchev–Trinajstić information content (AvgIpc) is 2.92. The Kier molecular flexibility index (Phi) is 3.70. The quantitative estimate of drug-likeness (QED) is 0.854. The van der Waals surface area contributed by atoms with Gasteiger partial charge in [0.1, 0.15) is 0 Å². The lowest BCUT2D eigenvalue weighted by Gasteiger charge is -2.48. The molecule has 1 aromatic heterocycles. The van der Waals surface area contributed by atoms with Crippen LogP contribution in [-0.2, 0) is 10.2 Å². The van der Waals surface area contributed by atoms with Crippen molar-refractivity contribution in [3.8, 4) is 6.07 Å². The van der Waals surface area contributed by atoms with Gasteiger partial charge in [0.05, 0.1) is 17.8 Å². The van der Waals surface area contributed by atoms with E-state index in [-0.39, 0.29) is 28.7 Å². The van der Waals surface area contributed by atoms with Gasteiger partial charge in [-0.05, 0) is 19.3 Å². The highest BCUT2D eigenvalue weighted by atomic mass is 16.2. The molecular weight excluding hydrogens is 290 g/mol. The maximum Gasteiger partial charge on any atom is 0.228 e. The molecular formula is C17H25N5O. The Morgan fingerprint density at radius 2 is 2.13 bits per heavy atom. The maximum absolute atomic E-state index is 12.5. The van der Waals surface area contributed by atoms with Crippen LogP contribution < -0.4 is 0 Å². The van der Waals surface area contributed by atoms with Crippen LogP contribution in [0.5, 0.6) is 0 Å². The summed E-state index contributed by atoms with van der Waals surface area (Å²) in [4.78, 5) is 14.4. The number of nitrogens with zero attached hydrogens (tertiary/aromatic N) is 5. The summed E-state index contributed by atoms with van der Waals surface area (Å²) in [5, 5.41) is 17.5. The summed E-state index contributed by atoms with van der Waals surface area (Å²) in [6.07, 6.45) is 4.43. The Labute approximate surface area is 137 Å². The van der Waals surface area contributed by atoms with Crippen molar-refractivity contribution >= 4 is 5.91 Å². The summed E-state index contributed by atoms with van der Waals surface area (Å²) >= 11 is 0. The molecule has 3 rings (SSSR count). The second-order valence-corrected chi connectivity index (χ2v) is 7.98. The van der Waals surface area contributed by atoms with E-state index in [1.165, 1.54) is 0 Å². The second kappa shape index (κ2) is 5.33. The Hall–Kier alpha value is -1.90. The highest BCUT2D eigenvalue weighted by Gasteiger charge is 2.50. The monoisotopic (exact) mass is 315 g/mol. The van der Waals surface area contributed by atoms with Crippen molar-refractivity contribution < 1.29 is 4.79 Å². The molecule has 1 aliphatic carbocycles. The molecule has 2 heterocycles. The average molecular weight is 315 g/mol. The van der Waals surface area contributed by atoms with E-state index in [1.807, 2.05) is 22.7 Å². The molecule has 0 N–H and O–H groups in total. The number of hydrogen-bond acceptors (Lipinski definition) is 4. The number of aromatic nitrogens is 3. The number of likely N-dealkylation sites (tertiary alicyclic amines) is 1. The summed E-state index contributed by atoms with van der Waals surface area (Å²) in [7, 11) is 0. The molecule has 2 aliphatic rings. The fourth-order valence-corrected chi connectivity index (χ4v) is 3.41. The zero-order valence-corrected chi connectivity index (χ0v) is 14.4. The summed E-state index contributed by atoms with van der Waals surface area (Å²) < 4.78 is 1.90. The van der Waals surface area contributed by atoms with Crippen LogP contribution in [0.2, 0.25) is 0 Å². The molecule has 23 heavy (non-hydrogen) atoms. The number of rotatable bonds is 4. The van der Waals surface area contributed by atoms with Gasteiger partial charge in [0.2, 0.25) is 5.91 Å². The Bertz CT molecular complexity index is 644. The van der Waals surface area contributed by atoms with E-state index < -0.39 is 0 Å². The standard InChI is InChI=1S/C17H25N5O/c1-5-16(2,3)14-11-22(20-19-14)13-9-21(10-13)15(23)17(4)6-12(7-17)8-18/h11-13H,5-7,9-10H2,1-4H3. The third kappa shape index (κ3) is 2.62. The first kappa shape index (κ1) is 16.0. The van der Waals surface area contributed by atoms with Gasteiger partial charge in [-0.1, -0.05) is 32.9 Å². The zero-order chi connectivity index (χ0) is 16.8. The lowest BCUT2D eigenvalue weighted by atomic mass is 9.62. The SMILES string of the molecule is CCC(C)(C)c1cn(C2CN(C(=O)C3(C)CC(C#N)C3)C2)nn1. The first-order chi connectivity index (χ1) is 10.8. The highest BCUT2D eigenvalue weighted by Crippen LogP contribution is 2.47. The van der Waals surface area contributed by atoms with Gasteiger partial charge in [-0.3, -0.25) is 4.79 Å². The Balaban J connectivity index is 1.58. The van der Waals surface area contributed by atoms with Crippen molar-refractivity contribution in [2.75, 3.05) is 13.1 Å². The molecule has 0 atom stereocenters. The summed E-state index contributed by atoms with van der Waals surface area (Å²) in [5.74, 6) is 0.240.